The molecule has 0 radical (unpaired) electrons. The summed E-state index contributed by atoms with van der Waals surface area (Å²) in [4.78, 5) is 2.03. The van der Waals surface area contributed by atoms with Crippen LogP contribution in [0.3, 0.4) is 0 Å². The Labute approximate surface area is 111 Å². The van der Waals surface area contributed by atoms with E-state index in [9.17, 15) is 0 Å². The molecule has 0 aliphatic heterocycles. The van der Waals surface area contributed by atoms with Crippen molar-refractivity contribution in [2.45, 2.75) is 13.0 Å². The van der Waals surface area contributed by atoms with Crippen LogP contribution in [0.25, 0.3) is 0 Å². The number of benzene rings is 1. The van der Waals surface area contributed by atoms with Crippen molar-refractivity contribution in [3.8, 4) is 0 Å². The van der Waals surface area contributed by atoms with Gasteiger partial charge in [-0.15, -0.1) is 10.2 Å². The molecule has 0 bridgehead atoms. The molecular formula is C13H15ClN4. The van der Waals surface area contributed by atoms with Crippen LogP contribution in [0.5, 0.6) is 0 Å². The molecule has 0 saturated carbocycles. The summed E-state index contributed by atoms with van der Waals surface area (Å²) in [6.07, 6.45) is 0. The summed E-state index contributed by atoms with van der Waals surface area (Å²) >= 11 is 6.00. The molecule has 0 fully saturated rings. The van der Waals surface area contributed by atoms with Gasteiger partial charge in [-0.3, -0.25) is 0 Å². The van der Waals surface area contributed by atoms with Gasteiger partial charge in [0, 0.05) is 12.1 Å². The molecule has 4 nitrogen and oxygen atoms in total. The number of nitrogens with two attached hydrogens (primary N) is 1. The van der Waals surface area contributed by atoms with E-state index in [0.717, 1.165) is 16.4 Å². The SMILES string of the molecule is CC(c1cccc(Cl)c1)N(C)c1ccc(N)nn1. The molecular weight excluding hydrogens is 248 g/mol. The highest BCUT2D eigenvalue weighted by molar-refractivity contribution is 6.30. The van der Waals surface area contributed by atoms with Gasteiger partial charge < -0.3 is 10.6 Å². The first kappa shape index (κ1) is 12.6. The van der Waals surface area contributed by atoms with E-state index in [1.807, 2.05) is 42.3 Å². The van der Waals surface area contributed by atoms with Crippen LogP contribution in [-0.2, 0) is 0 Å². The van der Waals surface area contributed by atoms with E-state index >= 15 is 0 Å². The average Bonchev–Trinajstić information content (AvgIpc) is 2.38. The van der Waals surface area contributed by atoms with Crippen LogP contribution in [0.15, 0.2) is 36.4 Å². The molecule has 2 aromatic rings. The fraction of sp³-hybridized carbons (Fsp3) is 0.231. The van der Waals surface area contributed by atoms with Gasteiger partial charge in [-0.1, -0.05) is 23.7 Å². The third-order valence-electron chi connectivity index (χ3n) is 2.94. The summed E-state index contributed by atoms with van der Waals surface area (Å²) in [5.74, 6) is 1.19. The number of rotatable bonds is 3. The van der Waals surface area contributed by atoms with Gasteiger partial charge in [0.25, 0.3) is 0 Å². The smallest absolute Gasteiger partial charge is 0.151 e. The number of hydrogen-bond acceptors (Lipinski definition) is 4. The van der Waals surface area contributed by atoms with Crippen molar-refractivity contribution in [3.63, 3.8) is 0 Å². The Morgan fingerprint density at radius 3 is 2.61 bits per heavy atom. The molecule has 5 heteroatoms. The van der Waals surface area contributed by atoms with Crippen LogP contribution in [0.4, 0.5) is 11.6 Å². The summed E-state index contributed by atoms with van der Waals surface area (Å²) in [5.41, 5.74) is 6.65. The number of anilines is 2. The lowest BCUT2D eigenvalue weighted by Gasteiger charge is -2.26. The molecule has 1 heterocycles. The van der Waals surface area contributed by atoms with Gasteiger partial charge in [0.05, 0.1) is 6.04 Å². The second-order valence-corrected chi connectivity index (χ2v) is 4.59. The first-order valence-corrected chi connectivity index (χ1v) is 6.03. The maximum absolute atomic E-state index is 6.00. The molecule has 0 spiro atoms. The van der Waals surface area contributed by atoms with E-state index < -0.39 is 0 Å². The predicted molar refractivity (Wildman–Crippen MR) is 74.7 cm³/mol. The minimum Gasteiger partial charge on any atom is -0.382 e. The van der Waals surface area contributed by atoms with Crippen LogP contribution in [0, 0.1) is 0 Å². The van der Waals surface area contributed by atoms with Crippen LogP contribution < -0.4 is 10.6 Å². The Bertz CT molecular complexity index is 527. The van der Waals surface area contributed by atoms with E-state index in [4.69, 9.17) is 17.3 Å². The molecule has 1 aromatic carbocycles. The van der Waals surface area contributed by atoms with E-state index in [-0.39, 0.29) is 6.04 Å². The van der Waals surface area contributed by atoms with E-state index in [2.05, 4.69) is 17.1 Å². The van der Waals surface area contributed by atoms with Crippen molar-refractivity contribution in [1.29, 1.82) is 0 Å². The van der Waals surface area contributed by atoms with Crippen molar-refractivity contribution in [2.75, 3.05) is 17.7 Å². The Kier molecular flexibility index (Phi) is 3.67. The molecule has 0 saturated heterocycles. The number of halogens is 1. The highest BCUT2D eigenvalue weighted by Crippen LogP contribution is 2.25. The van der Waals surface area contributed by atoms with Crippen LogP contribution in [-0.4, -0.2) is 17.2 Å². The molecule has 2 N–H and O–H groups in total. The highest BCUT2D eigenvalue weighted by Gasteiger charge is 2.13. The molecule has 1 unspecified atom stereocenters. The molecule has 1 aromatic heterocycles. The van der Waals surface area contributed by atoms with Crippen LogP contribution in [0.1, 0.15) is 18.5 Å². The van der Waals surface area contributed by atoms with Gasteiger partial charge >= 0.3 is 0 Å². The van der Waals surface area contributed by atoms with Crippen molar-refractivity contribution in [1.82, 2.24) is 10.2 Å². The molecule has 94 valence electrons. The topological polar surface area (TPSA) is 55.0 Å². The van der Waals surface area contributed by atoms with Gasteiger partial charge in [-0.05, 0) is 36.8 Å². The number of hydrogen-bond donors (Lipinski definition) is 1. The molecule has 1 atom stereocenters. The third kappa shape index (κ3) is 2.71. The quantitative estimate of drug-likeness (QED) is 0.924. The van der Waals surface area contributed by atoms with Crippen molar-refractivity contribution in [2.24, 2.45) is 0 Å². The van der Waals surface area contributed by atoms with E-state index in [0.29, 0.717) is 5.82 Å². The summed E-state index contributed by atoms with van der Waals surface area (Å²) in [6, 6.07) is 11.5. The van der Waals surface area contributed by atoms with Crippen LogP contribution in [0.2, 0.25) is 5.02 Å². The Hall–Kier alpha value is -1.81. The van der Waals surface area contributed by atoms with Crippen molar-refractivity contribution in [3.05, 3.63) is 47.0 Å². The lowest BCUT2D eigenvalue weighted by molar-refractivity contribution is 0.721. The summed E-state index contributed by atoms with van der Waals surface area (Å²) in [7, 11) is 1.96. The van der Waals surface area contributed by atoms with Crippen molar-refractivity contribution < 1.29 is 0 Å². The lowest BCUT2D eigenvalue weighted by Crippen LogP contribution is -2.23. The average molecular weight is 263 g/mol. The van der Waals surface area contributed by atoms with E-state index in [1.165, 1.54) is 0 Å². The normalized spacial score (nSPS) is 12.2. The Morgan fingerprint density at radius 1 is 1.22 bits per heavy atom. The summed E-state index contributed by atoms with van der Waals surface area (Å²) in [5, 5.41) is 8.65. The summed E-state index contributed by atoms with van der Waals surface area (Å²) in [6.45, 7) is 2.09. The molecule has 0 aliphatic carbocycles. The molecule has 18 heavy (non-hydrogen) atoms. The molecule has 0 aliphatic rings. The third-order valence-corrected chi connectivity index (χ3v) is 3.18. The first-order valence-electron chi connectivity index (χ1n) is 5.65. The minimum atomic E-state index is 0.154. The Morgan fingerprint density at radius 2 is 2.00 bits per heavy atom. The lowest BCUT2D eigenvalue weighted by atomic mass is 10.1. The molecule has 2 rings (SSSR count). The number of nitrogen functional groups attached to an aromatic ring is 1. The predicted octanol–water partition coefficient (Wildman–Crippen LogP) is 2.91. The zero-order valence-corrected chi connectivity index (χ0v) is 11.1. The second-order valence-electron chi connectivity index (χ2n) is 4.16. The van der Waals surface area contributed by atoms with Gasteiger partial charge in [-0.25, -0.2) is 0 Å². The number of aromatic nitrogens is 2. The van der Waals surface area contributed by atoms with Gasteiger partial charge in [-0.2, -0.15) is 0 Å². The maximum Gasteiger partial charge on any atom is 0.151 e. The zero-order valence-electron chi connectivity index (χ0n) is 10.3. The van der Waals surface area contributed by atoms with Crippen LogP contribution >= 0.6 is 11.6 Å². The van der Waals surface area contributed by atoms with Gasteiger partial charge in [0.1, 0.15) is 5.82 Å². The number of nitrogens with zero attached hydrogens (tertiary/aromatic N) is 3. The zero-order chi connectivity index (χ0) is 13.1. The van der Waals surface area contributed by atoms with Gasteiger partial charge in [0.15, 0.2) is 5.82 Å². The first-order chi connectivity index (χ1) is 8.58. The largest absolute Gasteiger partial charge is 0.382 e. The highest BCUT2D eigenvalue weighted by atomic mass is 35.5. The molecule has 0 amide bonds. The van der Waals surface area contributed by atoms with E-state index in [1.54, 1.807) is 6.07 Å². The van der Waals surface area contributed by atoms with Gasteiger partial charge in [0.2, 0.25) is 0 Å². The summed E-state index contributed by atoms with van der Waals surface area (Å²) < 4.78 is 0. The fourth-order valence-corrected chi connectivity index (χ4v) is 1.91. The monoisotopic (exact) mass is 262 g/mol. The minimum absolute atomic E-state index is 0.154. The second kappa shape index (κ2) is 5.23. The Balaban J connectivity index is 2.23. The fourth-order valence-electron chi connectivity index (χ4n) is 1.71. The van der Waals surface area contributed by atoms with Crippen molar-refractivity contribution >= 4 is 23.2 Å². The maximum atomic E-state index is 6.00. The standard InChI is InChI=1S/C13H15ClN4/c1-9(10-4-3-5-11(14)8-10)18(2)13-7-6-12(15)16-17-13/h3-9H,1-2H3,(H2,15,16).